The van der Waals surface area contributed by atoms with Gasteiger partial charge in [-0.1, -0.05) is 13.0 Å². The van der Waals surface area contributed by atoms with Crippen LogP contribution >= 0.6 is 0 Å². The number of halogens is 3. The van der Waals surface area contributed by atoms with Crippen LogP contribution in [0.15, 0.2) is 24.3 Å². The standard InChI is InChI=1S/C31H37F3N6O4/c1-3-30(18-7-8-18)23-24(29(43)39-21-14-17(21)15-22(39)35-2)38-40(20-9-11-44-12-10-20)26(23)37-28(42)25(30)36-27(41)16-5-4-6-19(13-16)31(32,33)34/h4-6,13,17-18,20-22,25,35H,3,7-12,14-15H2,1-2H3,(H,36,41)(H,37,42)/t17-,21-,22+,25-,30-/m1/s1. The highest BCUT2D eigenvalue weighted by atomic mass is 19.4. The van der Waals surface area contributed by atoms with Crippen molar-refractivity contribution >= 4 is 23.5 Å². The number of carbonyl (C=O) groups excluding carboxylic acids is 3. The van der Waals surface area contributed by atoms with Gasteiger partial charge in [0.1, 0.15) is 11.9 Å². The molecule has 5 atom stereocenters. The van der Waals surface area contributed by atoms with E-state index in [-0.39, 0.29) is 41.3 Å². The summed E-state index contributed by atoms with van der Waals surface area (Å²) in [7, 11) is 1.84. The van der Waals surface area contributed by atoms with E-state index in [1.165, 1.54) is 12.1 Å². The minimum absolute atomic E-state index is 0.0182. The van der Waals surface area contributed by atoms with E-state index in [0.29, 0.717) is 49.8 Å². The summed E-state index contributed by atoms with van der Waals surface area (Å²) in [5.41, 5.74) is -1.19. The first-order chi connectivity index (χ1) is 21.1. The van der Waals surface area contributed by atoms with Gasteiger partial charge in [-0.15, -0.1) is 0 Å². The quantitative estimate of drug-likeness (QED) is 0.437. The Morgan fingerprint density at radius 1 is 1.16 bits per heavy atom. The predicted octanol–water partition coefficient (Wildman–Crippen LogP) is 3.84. The van der Waals surface area contributed by atoms with E-state index in [0.717, 1.165) is 37.8 Å². The van der Waals surface area contributed by atoms with Crippen LogP contribution in [0.4, 0.5) is 19.0 Å². The summed E-state index contributed by atoms with van der Waals surface area (Å²) < 4.78 is 47.7. The summed E-state index contributed by atoms with van der Waals surface area (Å²) in [6.07, 6.45) is 0.413. The summed E-state index contributed by atoms with van der Waals surface area (Å²) in [6.45, 7) is 3.00. The first-order valence-electron chi connectivity index (χ1n) is 15.6. The largest absolute Gasteiger partial charge is 0.416 e. The Labute approximate surface area is 253 Å². The molecule has 3 aliphatic heterocycles. The number of carbonyl (C=O) groups is 3. The molecule has 0 radical (unpaired) electrons. The number of benzene rings is 1. The lowest BCUT2D eigenvalue weighted by atomic mass is 9.65. The van der Waals surface area contributed by atoms with E-state index < -0.39 is 35.0 Å². The van der Waals surface area contributed by atoms with Crippen molar-refractivity contribution in [2.24, 2.45) is 11.8 Å². The fourth-order valence-corrected chi connectivity index (χ4v) is 7.99. The minimum Gasteiger partial charge on any atom is -0.381 e. The second-order valence-electron chi connectivity index (χ2n) is 12.8. The van der Waals surface area contributed by atoms with Gasteiger partial charge in [0.25, 0.3) is 11.8 Å². The third-order valence-electron chi connectivity index (χ3n) is 10.4. The molecular weight excluding hydrogens is 577 g/mol. The van der Waals surface area contributed by atoms with Crippen LogP contribution < -0.4 is 16.0 Å². The number of ether oxygens (including phenoxy) is 1. The number of rotatable bonds is 7. The average molecular weight is 615 g/mol. The Bertz CT molecular complexity index is 1500. The van der Waals surface area contributed by atoms with Gasteiger partial charge in [-0.3, -0.25) is 14.4 Å². The number of hydrogen-bond acceptors (Lipinski definition) is 6. The molecule has 0 unspecified atom stereocenters. The van der Waals surface area contributed by atoms with Crippen molar-refractivity contribution in [3.05, 3.63) is 46.6 Å². The molecule has 5 aliphatic rings. The third-order valence-corrected chi connectivity index (χ3v) is 10.4. The van der Waals surface area contributed by atoms with Crippen molar-refractivity contribution in [2.75, 3.05) is 25.6 Å². The summed E-state index contributed by atoms with van der Waals surface area (Å²) in [5, 5.41) is 14.0. The normalized spacial score (nSPS) is 30.0. The van der Waals surface area contributed by atoms with Gasteiger partial charge in [-0.2, -0.15) is 18.3 Å². The van der Waals surface area contributed by atoms with Gasteiger partial charge in [0, 0.05) is 35.8 Å². The lowest BCUT2D eigenvalue weighted by Crippen LogP contribution is -2.61. The molecule has 2 aliphatic carbocycles. The zero-order valence-corrected chi connectivity index (χ0v) is 24.7. The van der Waals surface area contributed by atoms with Crippen LogP contribution in [0.3, 0.4) is 0 Å². The van der Waals surface area contributed by atoms with Gasteiger partial charge in [0.15, 0.2) is 5.69 Å². The number of hydrogen-bond donors (Lipinski definition) is 3. The van der Waals surface area contributed by atoms with E-state index in [9.17, 15) is 27.6 Å². The van der Waals surface area contributed by atoms with Crippen LogP contribution in [0.25, 0.3) is 0 Å². The fraction of sp³-hybridized carbons (Fsp3) is 0.613. The van der Waals surface area contributed by atoms with Crippen LogP contribution in [0.2, 0.25) is 0 Å². The number of nitrogens with zero attached hydrogens (tertiary/aromatic N) is 3. The second kappa shape index (κ2) is 10.6. The van der Waals surface area contributed by atoms with Gasteiger partial charge in [-0.05, 0) is 82.0 Å². The maximum Gasteiger partial charge on any atom is 0.416 e. The molecule has 2 saturated heterocycles. The maximum atomic E-state index is 14.5. The fourth-order valence-electron chi connectivity index (χ4n) is 7.99. The zero-order valence-electron chi connectivity index (χ0n) is 24.7. The average Bonchev–Trinajstić information content (AvgIpc) is 3.95. The van der Waals surface area contributed by atoms with Crippen LogP contribution in [0.1, 0.15) is 89.9 Å². The van der Waals surface area contributed by atoms with Gasteiger partial charge in [0.05, 0.1) is 17.8 Å². The predicted molar refractivity (Wildman–Crippen MR) is 153 cm³/mol. The molecule has 3 N–H and O–H groups in total. The number of fused-ring (bicyclic) bond motifs is 2. The van der Waals surface area contributed by atoms with E-state index in [4.69, 9.17) is 9.84 Å². The lowest BCUT2D eigenvalue weighted by Gasteiger charge is -2.44. The number of aromatic nitrogens is 2. The highest BCUT2D eigenvalue weighted by Crippen LogP contribution is 2.57. The van der Waals surface area contributed by atoms with Gasteiger partial charge in [-0.25, -0.2) is 4.68 Å². The minimum atomic E-state index is -4.62. The van der Waals surface area contributed by atoms with E-state index in [1.54, 1.807) is 4.68 Å². The molecule has 2 aromatic rings. The molecule has 4 fully saturated rings. The molecule has 1 aromatic carbocycles. The molecule has 0 bridgehead atoms. The highest BCUT2D eigenvalue weighted by Gasteiger charge is 2.61. The van der Waals surface area contributed by atoms with Gasteiger partial charge >= 0.3 is 6.18 Å². The maximum absolute atomic E-state index is 14.5. The number of nitrogens with one attached hydrogen (secondary N) is 3. The van der Waals surface area contributed by atoms with Crippen LogP contribution in [0, 0.1) is 11.8 Å². The zero-order chi connectivity index (χ0) is 31.0. The Balaban J connectivity index is 1.33. The number of likely N-dealkylation sites (tertiary alicyclic amines) is 1. The van der Waals surface area contributed by atoms with E-state index >= 15 is 0 Å². The molecule has 0 spiro atoms. The molecular formula is C31H37F3N6O4. The summed E-state index contributed by atoms with van der Waals surface area (Å²) in [6, 6.07) is 3.12. The Hall–Kier alpha value is -3.45. The number of alkyl halides is 3. The topological polar surface area (TPSA) is 118 Å². The van der Waals surface area contributed by atoms with Crippen molar-refractivity contribution in [3.8, 4) is 0 Å². The monoisotopic (exact) mass is 614 g/mol. The Morgan fingerprint density at radius 3 is 2.57 bits per heavy atom. The number of amides is 3. The van der Waals surface area contributed by atoms with Crippen molar-refractivity contribution < 1.29 is 32.3 Å². The number of piperidine rings is 1. The molecule has 4 heterocycles. The molecule has 1 aromatic heterocycles. The summed E-state index contributed by atoms with van der Waals surface area (Å²) in [4.78, 5) is 43.9. The molecule has 2 saturated carbocycles. The van der Waals surface area contributed by atoms with Gasteiger partial charge < -0.3 is 25.6 Å². The van der Waals surface area contributed by atoms with Crippen LogP contribution in [-0.4, -0.2) is 70.9 Å². The van der Waals surface area contributed by atoms with Crippen molar-refractivity contribution in [1.82, 2.24) is 25.3 Å². The van der Waals surface area contributed by atoms with E-state index in [1.807, 2.05) is 18.9 Å². The molecule has 7 rings (SSSR count). The first kappa shape index (κ1) is 29.3. The number of anilines is 1. The molecule has 3 amide bonds. The van der Waals surface area contributed by atoms with Crippen molar-refractivity contribution in [1.29, 1.82) is 0 Å². The highest BCUT2D eigenvalue weighted by molar-refractivity contribution is 6.06. The first-order valence-corrected chi connectivity index (χ1v) is 15.6. The van der Waals surface area contributed by atoms with Gasteiger partial charge in [0.2, 0.25) is 5.91 Å². The van der Waals surface area contributed by atoms with E-state index in [2.05, 4.69) is 16.0 Å². The van der Waals surface area contributed by atoms with Crippen molar-refractivity contribution in [2.45, 2.75) is 87.8 Å². The summed E-state index contributed by atoms with van der Waals surface area (Å²) >= 11 is 0. The van der Waals surface area contributed by atoms with Crippen LogP contribution in [0.5, 0.6) is 0 Å². The molecule has 13 heteroatoms. The molecule has 236 valence electrons. The Kier molecular flexibility index (Phi) is 7.04. The third kappa shape index (κ3) is 4.61. The van der Waals surface area contributed by atoms with Crippen LogP contribution in [-0.2, 0) is 21.1 Å². The summed E-state index contributed by atoms with van der Waals surface area (Å²) in [5.74, 6) is -0.530. The van der Waals surface area contributed by atoms with Crippen molar-refractivity contribution in [3.63, 3.8) is 0 Å². The molecule has 44 heavy (non-hydrogen) atoms. The Morgan fingerprint density at radius 2 is 1.91 bits per heavy atom. The smallest absolute Gasteiger partial charge is 0.381 e. The molecule has 10 nitrogen and oxygen atoms in total. The lowest BCUT2D eigenvalue weighted by molar-refractivity contribution is -0.137. The SMILES string of the molecule is CC[C@@]1(C2CC2)c2c(C(=O)N3[C@@H]4C[C@@H]4C[C@H]3NC)nn(C3CCOCC3)c2NC(=O)[C@H]1NC(=O)c1cccc(C(F)(F)F)c1. The second-order valence-corrected chi connectivity index (χ2v) is 12.8.